The molecule has 0 spiro atoms. The number of hydrogen-bond donors (Lipinski definition) is 2. The van der Waals surface area contributed by atoms with Crippen molar-refractivity contribution in [2.45, 2.75) is 20.4 Å². The van der Waals surface area contributed by atoms with Crippen LogP contribution in [-0.2, 0) is 11.3 Å². The third kappa shape index (κ3) is 4.70. The Morgan fingerprint density at radius 3 is 2.64 bits per heavy atom. The van der Waals surface area contributed by atoms with E-state index in [2.05, 4.69) is 15.7 Å². The summed E-state index contributed by atoms with van der Waals surface area (Å²) in [4.78, 5) is 13.1. The van der Waals surface area contributed by atoms with Crippen LogP contribution in [0.3, 0.4) is 0 Å². The van der Waals surface area contributed by atoms with Gasteiger partial charge in [-0.1, -0.05) is 23.7 Å². The molecule has 2 heterocycles. The lowest BCUT2D eigenvalue weighted by Gasteiger charge is -2.09. The number of carbonyl (C=O) groups is 1. The summed E-state index contributed by atoms with van der Waals surface area (Å²) in [5.41, 5.74) is 2.48. The molecule has 2 N–H and O–H groups in total. The number of aromatic nitrogens is 2. The number of anilines is 2. The van der Waals surface area contributed by atoms with Crippen molar-refractivity contribution >= 4 is 57.1 Å². The lowest BCUT2D eigenvalue weighted by Crippen LogP contribution is -2.20. The number of aryl methyl sites for hydroxylation is 1. The van der Waals surface area contributed by atoms with Crippen molar-refractivity contribution in [3.63, 3.8) is 0 Å². The van der Waals surface area contributed by atoms with Crippen LogP contribution >= 0.6 is 35.2 Å². The van der Waals surface area contributed by atoms with Crippen molar-refractivity contribution in [1.29, 1.82) is 0 Å². The highest BCUT2D eigenvalue weighted by Crippen LogP contribution is 2.33. The van der Waals surface area contributed by atoms with E-state index >= 15 is 0 Å². The molecular formula is C19H19ClN4O2S2. The Hall–Kier alpha value is -2.42. The Morgan fingerprint density at radius 2 is 1.96 bits per heavy atom. The molecule has 0 atom stereocenters. The number of nitrogens with zero attached hydrogens (tertiary/aromatic N) is 2. The van der Waals surface area contributed by atoms with E-state index in [0.29, 0.717) is 33.1 Å². The molecule has 0 aliphatic rings. The molecule has 0 saturated carbocycles. The molecule has 1 aromatic carbocycles. The number of ether oxygens (including phenoxy) is 1. The van der Waals surface area contributed by atoms with Gasteiger partial charge in [0.25, 0.3) is 0 Å². The number of benzene rings is 1. The van der Waals surface area contributed by atoms with Crippen LogP contribution in [-0.4, -0.2) is 28.0 Å². The number of nitrogens with one attached hydrogen (secondary N) is 2. The molecule has 0 aliphatic heterocycles. The first-order valence-electron chi connectivity index (χ1n) is 8.41. The molecule has 6 nitrogen and oxygen atoms in total. The van der Waals surface area contributed by atoms with Crippen molar-refractivity contribution in [3.05, 3.63) is 63.1 Å². The van der Waals surface area contributed by atoms with Crippen LogP contribution in [0.1, 0.15) is 26.4 Å². The maximum absolute atomic E-state index is 12.1. The second-order valence-electron chi connectivity index (χ2n) is 6.08. The summed E-state index contributed by atoms with van der Waals surface area (Å²) in [5, 5.41) is 12.3. The monoisotopic (exact) mass is 434 g/mol. The van der Waals surface area contributed by atoms with Gasteiger partial charge in [0.1, 0.15) is 5.00 Å². The molecule has 3 aromatic rings. The molecule has 0 fully saturated rings. The van der Waals surface area contributed by atoms with E-state index in [1.807, 2.05) is 50.4 Å². The SMILES string of the molecule is COC(=O)c1c(NC(=S)Nc2ccn(Cc3ccc(Cl)cc3)n2)sc(C)c1C. The van der Waals surface area contributed by atoms with Crippen LogP contribution in [0.4, 0.5) is 10.8 Å². The summed E-state index contributed by atoms with van der Waals surface area (Å²) in [6.07, 6.45) is 1.86. The van der Waals surface area contributed by atoms with E-state index in [1.165, 1.54) is 18.4 Å². The Labute approximate surface area is 177 Å². The lowest BCUT2D eigenvalue weighted by molar-refractivity contribution is 0.0601. The third-order valence-corrected chi connectivity index (χ3v) is 5.72. The van der Waals surface area contributed by atoms with Gasteiger partial charge in [0.05, 0.1) is 19.2 Å². The quantitative estimate of drug-likeness (QED) is 0.441. The van der Waals surface area contributed by atoms with Crippen LogP contribution < -0.4 is 10.6 Å². The van der Waals surface area contributed by atoms with Gasteiger partial charge in [0.15, 0.2) is 10.9 Å². The summed E-state index contributed by atoms with van der Waals surface area (Å²) in [5.74, 6) is 0.218. The molecule has 0 unspecified atom stereocenters. The minimum absolute atomic E-state index is 0.350. The van der Waals surface area contributed by atoms with Crippen molar-refractivity contribution in [1.82, 2.24) is 9.78 Å². The highest BCUT2D eigenvalue weighted by molar-refractivity contribution is 7.80. The van der Waals surface area contributed by atoms with Gasteiger partial charge in [0.2, 0.25) is 0 Å². The second kappa shape index (κ2) is 8.72. The zero-order valence-electron chi connectivity index (χ0n) is 15.6. The Morgan fingerprint density at radius 1 is 1.25 bits per heavy atom. The Kier molecular flexibility index (Phi) is 6.33. The van der Waals surface area contributed by atoms with E-state index in [-0.39, 0.29) is 5.97 Å². The molecule has 146 valence electrons. The largest absolute Gasteiger partial charge is 0.465 e. The number of methoxy groups -OCH3 is 1. The van der Waals surface area contributed by atoms with Gasteiger partial charge in [-0.05, 0) is 49.3 Å². The fourth-order valence-corrected chi connectivity index (χ4v) is 4.06. The number of thiophene rings is 1. The molecule has 9 heteroatoms. The highest BCUT2D eigenvalue weighted by Gasteiger charge is 2.20. The van der Waals surface area contributed by atoms with Crippen LogP contribution in [0, 0.1) is 13.8 Å². The minimum Gasteiger partial charge on any atom is -0.465 e. The van der Waals surface area contributed by atoms with Crippen LogP contribution in [0.5, 0.6) is 0 Å². The number of carbonyl (C=O) groups excluding carboxylic acids is 1. The van der Waals surface area contributed by atoms with Gasteiger partial charge in [-0.3, -0.25) is 4.68 Å². The van der Waals surface area contributed by atoms with Gasteiger partial charge < -0.3 is 15.4 Å². The number of rotatable bonds is 5. The zero-order chi connectivity index (χ0) is 20.3. The first-order valence-corrected chi connectivity index (χ1v) is 10.0. The van der Waals surface area contributed by atoms with Gasteiger partial charge in [-0.25, -0.2) is 4.79 Å². The summed E-state index contributed by atoms with van der Waals surface area (Å²) < 4.78 is 6.68. The van der Waals surface area contributed by atoms with E-state index in [4.69, 9.17) is 28.6 Å². The lowest BCUT2D eigenvalue weighted by atomic mass is 10.1. The smallest absolute Gasteiger partial charge is 0.341 e. The van der Waals surface area contributed by atoms with Crippen molar-refractivity contribution in [2.24, 2.45) is 0 Å². The van der Waals surface area contributed by atoms with E-state index < -0.39 is 0 Å². The second-order valence-corrected chi connectivity index (χ2v) is 8.15. The fourth-order valence-electron chi connectivity index (χ4n) is 2.61. The molecule has 0 bridgehead atoms. The minimum atomic E-state index is -0.389. The van der Waals surface area contributed by atoms with Crippen molar-refractivity contribution in [2.75, 3.05) is 17.7 Å². The van der Waals surface area contributed by atoms with Gasteiger partial charge in [0, 0.05) is 22.2 Å². The number of esters is 1. The first kappa shape index (κ1) is 20.3. The zero-order valence-corrected chi connectivity index (χ0v) is 18.0. The van der Waals surface area contributed by atoms with Crippen LogP contribution in [0.2, 0.25) is 5.02 Å². The van der Waals surface area contributed by atoms with Crippen LogP contribution in [0.15, 0.2) is 36.5 Å². The van der Waals surface area contributed by atoms with E-state index in [1.54, 1.807) is 4.68 Å². The average molecular weight is 435 g/mol. The molecule has 28 heavy (non-hydrogen) atoms. The molecule has 0 amide bonds. The first-order chi connectivity index (χ1) is 13.4. The van der Waals surface area contributed by atoms with Crippen molar-refractivity contribution in [3.8, 4) is 0 Å². The standard InChI is InChI=1S/C19H19ClN4O2S2/c1-11-12(2)28-17(16(11)18(25)26-3)22-19(27)21-15-8-9-24(23-15)10-13-4-6-14(20)7-5-13/h4-9H,10H2,1-3H3,(H2,21,22,23,27). The number of thiocarbonyl (C=S) groups is 1. The predicted octanol–water partition coefficient (Wildman–Crippen LogP) is 4.86. The Balaban J connectivity index is 1.66. The summed E-state index contributed by atoms with van der Waals surface area (Å²) >= 11 is 12.7. The molecule has 3 rings (SSSR count). The maximum atomic E-state index is 12.1. The summed E-state index contributed by atoms with van der Waals surface area (Å²) in [6, 6.07) is 9.44. The van der Waals surface area contributed by atoms with E-state index in [0.717, 1.165) is 16.0 Å². The van der Waals surface area contributed by atoms with Gasteiger partial charge in [-0.15, -0.1) is 11.3 Å². The van der Waals surface area contributed by atoms with Crippen LogP contribution in [0.25, 0.3) is 0 Å². The number of halogens is 1. The normalized spacial score (nSPS) is 10.6. The average Bonchev–Trinajstić information content (AvgIpc) is 3.20. The molecule has 0 aliphatic carbocycles. The summed E-state index contributed by atoms with van der Waals surface area (Å²) in [7, 11) is 1.36. The highest BCUT2D eigenvalue weighted by atomic mass is 35.5. The fraction of sp³-hybridized carbons (Fsp3) is 0.211. The maximum Gasteiger partial charge on any atom is 0.341 e. The summed E-state index contributed by atoms with van der Waals surface area (Å²) in [6.45, 7) is 4.46. The van der Waals surface area contributed by atoms with Gasteiger partial charge in [-0.2, -0.15) is 5.10 Å². The Bertz CT molecular complexity index is 1010. The molecular weight excluding hydrogens is 416 g/mol. The van der Waals surface area contributed by atoms with E-state index in [9.17, 15) is 4.79 Å². The third-order valence-electron chi connectivity index (χ3n) is 4.14. The molecule has 0 radical (unpaired) electrons. The van der Waals surface area contributed by atoms with Crippen molar-refractivity contribution < 1.29 is 9.53 Å². The molecule has 0 saturated heterocycles. The predicted molar refractivity (Wildman–Crippen MR) is 118 cm³/mol. The topological polar surface area (TPSA) is 68.2 Å². The molecule has 2 aromatic heterocycles. The number of hydrogen-bond acceptors (Lipinski definition) is 5. The van der Waals surface area contributed by atoms with Gasteiger partial charge >= 0.3 is 5.97 Å².